The molecule has 2 N–H and O–H groups in total. The standard InChI is InChI=1S/C16H21N5O/c22-16(14-6-8-19-20-14)18-12-13-5-7-17-15(11-13)21-9-3-1-2-4-10-21/h5-8,11H,1-4,9-10,12H2,(H,18,22)(H,19,20). The molecule has 3 rings (SSSR count). The van der Waals surface area contributed by atoms with Crippen LogP contribution in [0.5, 0.6) is 0 Å². The molecule has 0 spiro atoms. The highest BCUT2D eigenvalue weighted by atomic mass is 16.1. The van der Waals surface area contributed by atoms with Crippen LogP contribution in [0.3, 0.4) is 0 Å². The molecule has 0 saturated carbocycles. The first-order valence-corrected chi connectivity index (χ1v) is 7.80. The minimum absolute atomic E-state index is 0.148. The van der Waals surface area contributed by atoms with Crippen molar-refractivity contribution >= 4 is 11.7 Å². The maximum absolute atomic E-state index is 11.9. The number of amides is 1. The number of H-pyrrole nitrogens is 1. The maximum atomic E-state index is 11.9. The number of hydrogen-bond donors (Lipinski definition) is 2. The van der Waals surface area contributed by atoms with Crippen LogP contribution in [-0.2, 0) is 6.54 Å². The smallest absolute Gasteiger partial charge is 0.269 e. The molecule has 2 aromatic rings. The van der Waals surface area contributed by atoms with Gasteiger partial charge in [-0.15, -0.1) is 0 Å². The van der Waals surface area contributed by atoms with Crippen LogP contribution in [0.25, 0.3) is 0 Å². The Balaban J connectivity index is 1.62. The molecule has 0 bridgehead atoms. The molecule has 0 radical (unpaired) electrons. The van der Waals surface area contributed by atoms with Gasteiger partial charge in [-0.2, -0.15) is 5.10 Å². The van der Waals surface area contributed by atoms with Gasteiger partial charge in [0.25, 0.3) is 5.91 Å². The molecule has 6 nitrogen and oxygen atoms in total. The molecule has 0 unspecified atom stereocenters. The molecule has 1 aliphatic heterocycles. The molecule has 3 heterocycles. The van der Waals surface area contributed by atoms with Crippen molar-refractivity contribution < 1.29 is 4.79 Å². The Kier molecular flexibility index (Phi) is 4.68. The van der Waals surface area contributed by atoms with Gasteiger partial charge >= 0.3 is 0 Å². The number of pyridine rings is 1. The van der Waals surface area contributed by atoms with Crippen LogP contribution in [0.2, 0.25) is 0 Å². The summed E-state index contributed by atoms with van der Waals surface area (Å²) >= 11 is 0. The van der Waals surface area contributed by atoms with Crippen LogP contribution in [0.1, 0.15) is 41.7 Å². The van der Waals surface area contributed by atoms with Crippen molar-refractivity contribution in [1.29, 1.82) is 0 Å². The van der Waals surface area contributed by atoms with E-state index in [2.05, 4.69) is 31.5 Å². The Morgan fingerprint density at radius 1 is 1.18 bits per heavy atom. The molecule has 6 heteroatoms. The molecule has 22 heavy (non-hydrogen) atoms. The molecule has 1 aliphatic rings. The van der Waals surface area contributed by atoms with Crippen LogP contribution < -0.4 is 10.2 Å². The van der Waals surface area contributed by atoms with Gasteiger partial charge in [-0.05, 0) is 36.6 Å². The van der Waals surface area contributed by atoms with E-state index in [1.165, 1.54) is 25.7 Å². The van der Waals surface area contributed by atoms with Gasteiger partial charge in [0.05, 0.1) is 0 Å². The highest BCUT2D eigenvalue weighted by molar-refractivity contribution is 5.92. The summed E-state index contributed by atoms with van der Waals surface area (Å²) in [7, 11) is 0. The maximum Gasteiger partial charge on any atom is 0.269 e. The van der Waals surface area contributed by atoms with Crippen molar-refractivity contribution in [2.75, 3.05) is 18.0 Å². The van der Waals surface area contributed by atoms with Crippen LogP contribution in [-0.4, -0.2) is 34.2 Å². The summed E-state index contributed by atoms with van der Waals surface area (Å²) in [6, 6.07) is 5.66. The first kappa shape index (κ1) is 14.6. The number of rotatable bonds is 4. The molecule has 1 saturated heterocycles. The molecule has 0 aromatic carbocycles. The number of hydrogen-bond acceptors (Lipinski definition) is 4. The van der Waals surface area contributed by atoms with Crippen molar-refractivity contribution in [3.05, 3.63) is 41.9 Å². The van der Waals surface area contributed by atoms with Crippen molar-refractivity contribution in [3.8, 4) is 0 Å². The molecule has 2 aromatic heterocycles. The molecular formula is C16H21N5O. The summed E-state index contributed by atoms with van der Waals surface area (Å²) < 4.78 is 0. The number of aromatic amines is 1. The number of nitrogens with zero attached hydrogens (tertiary/aromatic N) is 3. The van der Waals surface area contributed by atoms with E-state index in [0.29, 0.717) is 12.2 Å². The Bertz CT molecular complexity index is 603. The van der Waals surface area contributed by atoms with Gasteiger partial charge < -0.3 is 10.2 Å². The lowest BCUT2D eigenvalue weighted by molar-refractivity contribution is 0.0946. The van der Waals surface area contributed by atoms with Crippen molar-refractivity contribution in [2.24, 2.45) is 0 Å². The van der Waals surface area contributed by atoms with Gasteiger partial charge in [0, 0.05) is 32.0 Å². The minimum atomic E-state index is -0.148. The highest BCUT2D eigenvalue weighted by Crippen LogP contribution is 2.18. The van der Waals surface area contributed by atoms with E-state index < -0.39 is 0 Å². The molecular weight excluding hydrogens is 278 g/mol. The van der Waals surface area contributed by atoms with Crippen LogP contribution in [0, 0.1) is 0 Å². The van der Waals surface area contributed by atoms with E-state index in [9.17, 15) is 4.79 Å². The van der Waals surface area contributed by atoms with Crippen molar-refractivity contribution in [3.63, 3.8) is 0 Å². The number of nitrogens with one attached hydrogen (secondary N) is 2. The molecule has 116 valence electrons. The molecule has 1 amide bonds. The zero-order valence-electron chi connectivity index (χ0n) is 12.6. The van der Waals surface area contributed by atoms with E-state index in [1.54, 1.807) is 12.3 Å². The fraction of sp³-hybridized carbons (Fsp3) is 0.438. The second-order valence-corrected chi connectivity index (χ2v) is 5.58. The van der Waals surface area contributed by atoms with Crippen molar-refractivity contribution in [2.45, 2.75) is 32.2 Å². The zero-order chi connectivity index (χ0) is 15.2. The lowest BCUT2D eigenvalue weighted by atomic mass is 10.2. The second-order valence-electron chi connectivity index (χ2n) is 5.58. The monoisotopic (exact) mass is 299 g/mol. The minimum Gasteiger partial charge on any atom is -0.357 e. The van der Waals surface area contributed by atoms with Crippen LogP contribution in [0.4, 0.5) is 5.82 Å². The third kappa shape index (κ3) is 3.63. The summed E-state index contributed by atoms with van der Waals surface area (Å²) in [6.07, 6.45) is 8.44. The van der Waals surface area contributed by atoms with Gasteiger partial charge in [0.1, 0.15) is 11.5 Å². The Morgan fingerprint density at radius 3 is 2.73 bits per heavy atom. The number of aromatic nitrogens is 3. The highest BCUT2D eigenvalue weighted by Gasteiger charge is 2.12. The first-order valence-electron chi connectivity index (χ1n) is 7.80. The predicted octanol–water partition coefficient (Wildman–Crippen LogP) is 2.12. The summed E-state index contributed by atoms with van der Waals surface area (Å²) in [4.78, 5) is 18.7. The van der Waals surface area contributed by atoms with Crippen LogP contribution in [0.15, 0.2) is 30.6 Å². The van der Waals surface area contributed by atoms with E-state index in [4.69, 9.17) is 0 Å². The van der Waals surface area contributed by atoms with E-state index in [0.717, 1.165) is 24.5 Å². The van der Waals surface area contributed by atoms with Gasteiger partial charge in [-0.1, -0.05) is 12.8 Å². The van der Waals surface area contributed by atoms with E-state index in [-0.39, 0.29) is 5.91 Å². The van der Waals surface area contributed by atoms with Gasteiger partial charge in [0.2, 0.25) is 0 Å². The second kappa shape index (κ2) is 7.06. The summed E-state index contributed by atoms with van der Waals surface area (Å²) in [5.74, 6) is 0.862. The Hall–Kier alpha value is -2.37. The molecule has 0 aliphatic carbocycles. The van der Waals surface area contributed by atoms with Gasteiger partial charge in [-0.25, -0.2) is 4.98 Å². The van der Waals surface area contributed by atoms with Gasteiger partial charge in [0.15, 0.2) is 0 Å². The lowest BCUT2D eigenvalue weighted by Crippen LogP contribution is -2.26. The summed E-state index contributed by atoms with van der Waals surface area (Å²) in [5.41, 5.74) is 1.53. The average molecular weight is 299 g/mol. The van der Waals surface area contributed by atoms with E-state index >= 15 is 0 Å². The Labute approximate surface area is 129 Å². The number of anilines is 1. The summed E-state index contributed by atoms with van der Waals surface area (Å²) in [6.45, 7) is 2.62. The predicted molar refractivity (Wildman–Crippen MR) is 84.7 cm³/mol. The normalized spacial score (nSPS) is 15.4. The lowest BCUT2D eigenvalue weighted by Gasteiger charge is -2.21. The first-order chi connectivity index (χ1) is 10.8. The fourth-order valence-corrected chi connectivity index (χ4v) is 2.70. The number of carbonyl (C=O) groups excluding carboxylic acids is 1. The van der Waals surface area contributed by atoms with Crippen LogP contribution >= 0.6 is 0 Å². The van der Waals surface area contributed by atoms with Gasteiger partial charge in [-0.3, -0.25) is 9.89 Å². The topological polar surface area (TPSA) is 73.9 Å². The Morgan fingerprint density at radius 2 is 2.00 bits per heavy atom. The zero-order valence-corrected chi connectivity index (χ0v) is 12.6. The quantitative estimate of drug-likeness (QED) is 0.907. The van der Waals surface area contributed by atoms with E-state index in [1.807, 2.05) is 12.3 Å². The van der Waals surface area contributed by atoms with Crippen molar-refractivity contribution in [1.82, 2.24) is 20.5 Å². The molecule has 0 atom stereocenters. The molecule has 1 fully saturated rings. The SMILES string of the molecule is O=C(NCc1ccnc(N2CCCCCC2)c1)c1ccn[nH]1. The third-order valence-electron chi connectivity index (χ3n) is 3.94. The fourth-order valence-electron chi connectivity index (χ4n) is 2.70. The third-order valence-corrected chi connectivity index (χ3v) is 3.94. The summed E-state index contributed by atoms with van der Waals surface area (Å²) in [5, 5.41) is 9.33. The largest absolute Gasteiger partial charge is 0.357 e. The average Bonchev–Trinajstić information content (AvgIpc) is 2.95. The number of carbonyl (C=O) groups is 1.